The van der Waals surface area contributed by atoms with Gasteiger partial charge in [0.15, 0.2) is 0 Å². The van der Waals surface area contributed by atoms with Gasteiger partial charge in [-0.2, -0.15) is 18.3 Å². The molecule has 0 fully saturated rings. The number of benzene rings is 1. The maximum atomic E-state index is 14.3. The summed E-state index contributed by atoms with van der Waals surface area (Å²) in [6.07, 6.45) is -3.66. The van der Waals surface area contributed by atoms with E-state index in [1.807, 2.05) is 0 Å². The fraction of sp³-hybridized carbons (Fsp3) is 0.500. The molecule has 1 heterocycles. The second-order valence-electron chi connectivity index (χ2n) is 6.59. The lowest BCUT2D eigenvalue weighted by molar-refractivity contribution is -0.193. The quantitative estimate of drug-likeness (QED) is 0.726. The van der Waals surface area contributed by atoms with Crippen LogP contribution in [0.25, 0.3) is 0 Å². The second-order valence-corrected chi connectivity index (χ2v) is 6.59. The van der Waals surface area contributed by atoms with Gasteiger partial charge in [0.05, 0.1) is 6.61 Å². The van der Waals surface area contributed by atoms with Gasteiger partial charge >= 0.3 is 6.18 Å². The molecule has 0 aliphatic heterocycles. The molecule has 0 saturated heterocycles. The highest BCUT2D eigenvalue weighted by atomic mass is 19.4. The van der Waals surface area contributed by atoms with Crippen molar-refractivity contribution in [2.45, 2.75) is 32.0 Å². The van der Waals surface area contributed by atoms with Crippen LogP contribution < -0.4 is 0 Å². The van der Waals surface area contributed by atoms with Crippen molar-refractivity contribution in [2.24, 2.45) is 5.41 Å². The molecule has 1 atom stereocenters. The molecule has 2 rings (SSSR count). The van der Waals surface area contributed by atoms with Crippen molar-refractivity contribution in [3.05, 3.63) is 47.5 Å². The van der Waals surface area contributed by atoms with Gasteiger partial charge in [-0.05, 0) is 6.07 Å². The van der Waals surface area contributed by atoms with Gasteiger partial charge < -0.3 is 9.84 Å². The van der Waals surface area contributed by atoms with E-state index in [0.717, 1.165) is 12.1 Å². The van der Waals surface area contributed by atoms with Crippen molar-refractivity contribution < 1.29 is 31.8 Å². The average molecular weight is 379 g/mol. The number of H-pyrrole nitrogens is 1. The van der Waals surface area contributed by atoms with Crippen molar-refractivity contribution in [3.63, 3.8) is 0 Å². The maximum absolute atomic E-state index is 14.3. The minimum atomic E-state index is -4.54. The van der Waals surface area contributed by atoms with Crippen LogP contribution in [0.3, 0.4) is 0 Å². The summed E-state index contributed by atoms with van der Waals surface area (Å²) in [7, 11) is 0. The fourth-order valence-corrected chi connectivity index (χ4v) is 2.62. The number of hydrogen-bond acceptors (Lipinski definition) is 4. The summed E-state index contributed by atoms with van der Waals surface area (Å²) in [5.41, 5.74) is -3.71. The molecule has 1 unspecified atom stereocenters. The van der Waals surface area contributed by atoms with E-state index in [1.165, 1.54) is 20.2 Å². The van der Waals surface area contributed by atoms with Crippen LogP contribution in [0, 0.1) is 17.0 Å². The lowest BCUT2D eigenvalue weighted by Crippen LogP contribution is -2.48. The smallest absolute Gasteiger partial charge is 0.384 e. The van der Waals surface area contributed by atoms with Gasteiger partial charge in [0.1, 0.15) is 36.0 Å². The third-order valence-corrected chi connectivity index (χ3v) is 4.11. The van der Waals surface area contributed by atoms with E-state index in [2.05, 4.69) is 19.9 Å². The standard InChI is InChI=1S/C16H18F5N3O2/c1-14(2,7-26-8-16(19,20)21)15(25,6-13-22-9-23-24-13)11-4-3-10(17)5-12(11)18/h3-5,9,25H,6-8H2,1-2H3,(H,22,23,24). The summed E-state index contributed by atoms with van der Waals surface area (Å²) in [6.45, 7) is 0.791. The van der Waals surface area contributed by atoms with Crippen LogP contribution in [-0.2, 0) is 16.8 Å². The van der Waals surface area contributed by atoms with E-state index in [0.29, 0.717) is 6.07 Å². The molecule has 0 saturated carbocycles. The molecule has 0 bridgehead atoms. The predicted octanol–water partition coefficient (Wildman–Crippen LogP) is 3.12. The number of aromatic nitrogens is 3. The highest BCUT2D eigenvalue weighted by Crippen LogP contribution is 2.43. The van der Waals surface area contributed by atoms with Crippen LogP contribution in [-0.4, -0.2) is 39.7 Å². The van der Waals surface area contributed by atoms with Gasteiger partial charge in [-0.3, -0.25) is 5.10 Å². The topological polar surface area (TPSA) is 71.0 Å². The molecule has 5 nitrogen and oxygen atoms in total. The Hall–Kier alpha value is -2.07. The number of alkyl halides is 3. The van der Waals surface area contributed by atoms with Crippen molar-refractivity contribution >= 4 is 0 Å². The zero-order valence-electron chi connectivity index (χ0n) is 14.1. The number of nitrogens with zero attached hydrogens (tertiary/aromatic N) is 2. The molecule has 0 amide bonds. The Morgan fingerprint density at radius 1 is 1.15 bits per heavy atom. The van der Waals surface area contributed by atoms with Crippen molar-refractivity contribution in [3.8, 4) is 0 Å². The summed E-state index contributed by atoms with van der Waals surface area (Å²) < 4.78 is 69.3. The predicted molar refractivity (Wildman–Crippen MR) is 81.0 cm³/mol. The molecule has 2 N–H and O–H groups in total. The summed E-state index contributed by atoms with van der Waals surface area (Å²) in [4.78, 5) is 3.86. The van der Waals surface area contributed by atoms with Gasteiger partial charge in [-0.25, -0.2) is 13.8 Å². The second kappa shape index (κ2) is 7.28. The van der Waals surface area contributed by atoms with Crippen LogP contribution in [0.1, 0.15) is 25.2 Å². The van der Waals surface area contributed by atoms with Crippen molar-refractivity contribution in [2.75, 3.05) is 13.2 Å². The van der Waals surface area contributed by atoms with Gasteiger partial charge in [0.25, 0.3) is 0 Å². The number of aromatic amines is 1. The first-order valence-corrected chi connectivity index (χ1v) is 7.61. The molecule has 1 aromatic heterocycles. The summed E-state index contributed by atoms with van der Waals surface area (Å²) in [5, 5.41) is 17.4. The molecule has 10 heteroatoms. The van der Waals surface area contributed by atoms with Crippen LogP contribution in [0.5, 0.6) is 0 Å². The molecule has 2 aromatic rings. The Morgan fingerprint density at radius 3 is 2.38 bits per heavy atom. The Balaban J connectivity index is 2.39. The largest absolute Gasteiger partial charge is 0.411 e. The zero-order chi connectivity index (χ0) is 19.6. The highest BCUT2D eigenvalue weighted by Gasteiger charge is 2.48. The van der Waals surface area contributed by atoms with E-state index < -0.39 is 42.0 Å². The minimum absolute atomic E-state index is 0.181. The lowest BCUT2D eigenvalue weighted by Gasteiger charge is -2.42. The van der Waals surface area contributed by atoms with E-state index in [9.17, 15) is 27.1 Å². The van der Waals surface area contributed by atoms with Gasteiger partial charge in [-0.15, -0.1) is 0 Å². The normalized spacial score (nSPS) is 15.1. The monoisotopic (exact) mass is 379 g/mol. The number of ether oxygens (including phenoxy) is 1. The molecule has 144 valence electrons. The average Bonchev–Trinajstić information content (AvgIpc) is 2.97. The first-order valence-electron chi connectivity index (χ1n) is 7.61. The first kappa shape index (κ1) is 20.2. The van der Waals surface area contributed by atoms with Crippen LogP contribution in [0.4, 0.5) is 22.0 Å². The molecule has 0 aliphatic carbocycles. The minimum Gasteiger partial charge on any atom is -0.384 e. The Bertz CT molecular complexity index is 734. The Labute approximate surface area is 146 Å². The van der Waals surface area contributed by atoms with Crippen LogP contribution in [0.15, 0.2) is 24.5 Å². The van der Waals surface area contributed by atoms with Crippen LogP contribution >= 0.6 is 0 Å². The molecule has 0 radical (unpaired) electrons. The molecular weight excluding hydrogens is 361 g/mol. The molecule has 1 aromatic carbocycles. The van der Waals surface area contributed by atoms with Crippen molar-refractivity contribution in [1.29, 1.82) is 0 Å². The van der Waals surface area contributed by atoms with Gasteiger partial charge in [0.2, 0.25) is 0 Å². The van der Waals surface area contributed by atoms with Gasteiger partial charge in [0, 0.05) is 23.5 Å². The van der Waals surface area contributed by atoms with Crippen LogP contribution in [0.2, 0.25) is 0 Å². The third kappa shape index (κ3) is 4.55. The number of aliphatic hydroxyl groups is 1. The Kier molecular flexibility index (Phi) is 5.67. The first-order chi connectivity index (χ1) is 11.9. The number of nitrogens with one attached hydrogen (secondary N) is 1. The number of halogens is 5. The zero-order valence-corrected chi connectivity index (χ0v) is 14.1. The van der Waals surface area contributed by atoms with Gasteiger partial charge in [-0.1, -0.05) is 19.9 Å². The molecular formula is C16H18F5N3O2. The van der Waals surface area contributed by atoms with E-state index in [4.69, 9.17) is 0 Å². The molecule has 0 aliphatic rings. The summed E-state index contributed by atoms with van der Waals surface area (Å²) in [6, 6.07) is 2.59. The summed E-state index contributed by atoms with van der Waals surface area (Å²) in [5.74, 6) is -1.70. The third-order valence-electron chi connectivity index (χ3n) is 4.11. The number of hydrogen-bond donors (Lipinski definition) is 2. The van der Waals surface area contributed by atoms with Crippen molar-refractivity contribution in [1.82, 2.24) is 15.2 Å². The van der Waals surface area contributed by atoms with E-state index in [-0.39, 0.29) is 17.8 Å². The molecule has 26 heavy (non-hydrogen) atoms. The SMILES string of the molecule is CC(C)(COCC(F)(F)F)C(O)(Cc1ncn[nH]1)c1ccc(F)cc1F. The molecule has 0 spiro atoms. The number of rotatable bonds is 7. The lowest BCUT2D eigenvalue weighted by atomic mass is 9.69. The fourth-order valence-electron chi connectivity index (χ4n) is 2.62. The Morgan fingerprint density at radius 2 is 1.85 bits per heavy atom. The summed E-state index contributed by atoms with van der Waals surface area (Å²) >= 11 is 0. The van der Waals surface area contributed by atoms with E-state index >= 15 is 0 Å². The highest BCUT2D eigenvalue weighted by molar-refractivity contribution is 5.29. The van der Waals surface area contributed by atoms with E-state index in [1.54, 1.807) is 0 Å². The maximum Gasteiger partial charge on any atom is 0.411 e.